The molecule has 0 spiro atoms. The van der Waals surface area contributed by atoms with Gasteiger partial charge in [-0.2, -0.15) is 0 Å². The zero-order chi connectivity index (χ0) is 14.5. The minimum Gasteiger partial charge on any atom is -0.410 e. The molecule has 0 amide bonds. The molecule has 0 aliphatic rings. The van der Waals surface area contributed by atoms with E-state index in [0.717, 1.165) is 18.5 Å². The third-order valence-corrected chi connectivity index (χ3v) is 4.22. The molecule has 5 heteroatoms. The Bertz CT molecular complexity index is 664. The summed E-state index contributed by atoms with van der Waals surface area (Å²) in [6.45, 7) is 2.19. The van der Waals surface area contributed by atoms with Crippen LogP contribution < -0.4 is 0 Å². The normalized spacial score (nSPS) is 12.4. The first kappa shape index (κ1) is 13.9. The highest BCUT2D eigenvalue weighted by Gasteiger charge is 2.13. The molecular formula is C16H17N3OS. The van der Waals surface area contributed by atoms with Crippen molar-refractivity contribution < 1.29 is 4.42 Å². The molecule has 1 N–H and O–H groups in total. The number of benzene rings is 1. The molecule has 2 aromatic heterocycles. The maximum Gasteiger partial charge on any atom is 0.277 e. The van der Waals surface area contributed by atoms with Crippen molar-refractivity contribution in [3.8, 4) is 11.6 Å². The number of aryl methyl sites for hydroxylation is 1. The van der Waals surface area contributed by atoms with Crippen molar-refractivity contribution in [3.63, 3.8) is 0 Å². The van der Waals surface area contributed by atoms with Crippen LogP contribution in [0.1, 0.15) is 18.9 Å². The predicted octanol–water partition coefficient (Wildman–Crippen LogP) is 4.18. The Kier molecular flexibility index (Phi) is 4.40. The zero-order valence-electron chi connectivity index (χ0n) is 11.8. The van der Waals surface area contributed by atoms with E-state index in [1.807, 2.05) is 24.4 Å². The summed E-state index contributed by atoms with van der Waals surface area (Å²) < 4.78 is 5.66. The van der Waals surface area contributed by atoms with E-state index in [2.05, 4.69) is 46.4 Å². The van der Waals surface area contributed by atoms with Crippen molar-refractivity contribution in [1.82, 2.24) is 15.2 Å². The molecule has 4 nitrogen and oxygen atoms in total. The van der Waals surface area contributed by atoms with Gasteiger partial charge in [0.05, 0.1) is 0 Å². The number of hydrogen-bond donors (Lipinski definition) is 1. The fourth-order valence-corrected chi connectivity index (χ4v) is 2.87. The average Bonchev–Trinajstić information content (AvgIpc) is 3.17. The van der Waals surface area contributed by atoms with Gasteiger partial charge in [0, 0.05) is 11.4 Å². The van der Waals surface area contributed by atoms with E-state index in [9.17, 15) is 0 Å². The van der Waals surface area contributed by atoms with Gasteiger partial charge in [0.15, 0.2) is 0 Å². The van der Waals surface area contributed by atoms with Crippen LogP contribution in [0.4, 0.5) is 0 Å². The first-order chi connectivity index (χ1) is 10.3. The lowest BCUT2D eigenvalue weighted by Crippen LogP contribution is -1.98. The largest absolute Gasteiger partial charge is 0.410 e. The highest BCUT2D eigenvalue weighted by Crippen LogP contribution is 2.27. The lowest BCUT2D eigenvalue weighted by molar-refractivity contribution is 0.463. The van der Waals surface area contributed by atoms with E-state index in [0.29, 0.717) is 16.4 Å². The topological polar surface area (TPSA) is 54.7 Å². The van der Waals surface area contributed by atoms with Gasteiger partial charge in [-0.05, 0) is 30.5 Å². The number of rotatable bonds is 6. The Hall–Kier alpha value is -2.01. The zero-order valence-corrected chi connectivity index (χ0v) is 12.6. The van der Waals surface area contributed by atoms with Crippen molar-refractivity contribution in [2.75, 3.05) is 0 Å². The Morgan fingerprint density at radius 3 is 2.76 bits per heavy atom. The maximum absolute atomic E-state index is 5.66. The molecule has 0 saturated carbocycles. The molecule has 0 fully saturated rings. The molecule has 0 aliphatic carbocycles. The smallest absolute Gasteiger partial charge is 0.277 e. The molecule has 0 radical (unpaired) electrons. The number of hydrogen-bond acceptors (Lipinski definition) is 4. The molecule has 1 unspecified atom stereocenters. The van der Waals surface area contributed by atoms with Gasteiger partial charge in [0.2, 0.25) is 0 Å². The monoisotopic (exact) mass is 299 g/mol. The van der Waals surface area contributed by atoms with Gasteiger partial charge in [-0.15, -0.1) is 10.2 Å². The molecule has 1 atom stereocenters. The maximum atomic E-state index is 5.66. The van der Waals surface area contributed by atoms with E-state index in [4.69, 9.17) is 4.42 Å². The lowest BCUT2D eigenvalue weighted by Gasteiger charge is -2.07. The number of nitrogens with zero attached hydrogens (tertiary/aromatic N) is 2. The molecule has 2 heterocycles. The van der Waals surface area contributed by atoms with E-state index >= 15 is 0 Å². The molecule has 21 heavy (non-hydrogen) atoms. The van der Waals surface area contributed by atoms with Crippen molar-refractivity contribution in [2.24, 2.45) is 0 Å². The summed E-state index contributed by atoms with van der Waals surface area (Å²) in [7, 11) is 0. The minimum atomic E-state index is 0.433. The van der Waals surface area contributed by atoms with Crippen molar-refractivity contribution in [3.05, 3.63) is 54.2 Å². The van der Waals surface area contributed by atoms with Gasteiger partial charge in [-0.1, -0.05) is 49.0 Å². The molecule has 0 bridgehead atoms. The number of thioether (sulfide) groups is 1. The summed E-state index contributed by atoms with van der Waals surface area (Å²) in [5.74, 6) is 0.540. The highest BCUT2D eigenvalue weighted by molar-refractivity contribution is 7.99. The van der Waals surface area contributed by atoms with Crippen molar-refractivity contribution >= 4 is 11.8 Å². The van der Waals surface area contributed by atoms with E-state index in [1.165, 1.54) is 5.56 Å². The Morgan fingerprint density at radius 1 is 1.14 bits per heavy atom. The molecule has 3 aromatic rings. The molecule has 108 valence electrons. The molecule has 0 aliphatic heterocycles. The third kappa shape index (κ3) is 3.76. The summed E-state index contributed by atoms with van der Waals surface area (Å²) in [6, 6.07) is 14.3. The number of aromatic amines is 1. The highest BCUT2D eigenvalue weighted by atomic mass is 32.2. The minimum absolute atomic E-state index is 0.433. The SMILES string of the molecule is CC(CCc1ccccc1)Sc1nnc(-c2ccc[nH]2)o1. The van der Waals surface area contributed by atoms with Crippen LogP contribution in [0, 0.1) is 0 Å². The Morgan fingerprint density at radius 2 is 2.00 bits per heavy atom. The van der Waals surface area contributed by atoms with Crippen LogP contribution in [-0.4, -0.2) is 20.4 Å². The van der Waals surface area contributed by atoms with Gasteiger partial charge in [-0.25, -0.2) is 0 Å². The standard InChI is InChI=1S/C16H17N3OS/c1-12(9-10-13-6-3-2-4-7-13)21-16-19-18-15(20-16)14-8-5-11-17-14/h2-8,11-12,17H,9-10H2,1H3. The summed E-state index contributed by atoms with van der Waals surface area (Å²) >= 11 is 1.63. The van der Waals surface area contributed by atoms with E-state index in [-0.39, 0.29) is 0 Å². The second-order valence-corrected chi connectivity index (χ2v) is 6.30. The van der Waals surface area contributed by atoms with Crippen LogP contribution in [0.15, 0.2) is 58.3 Å². The number of nitrogens with one attached hydrogen (secondary N) is 1. The predicted molar refractivity (Wildman–Crippen MR) is 84.2 cm³/mol. The summed E-state index contributed by atoms with van der Waals surface area (Å²) in [5.41, 5.74) is 2.22. The first-order valence-electron chi connectivity index (χ1n) is 6.99. The van der Waals surface area contributed by atoms with Crippen LogP contribution in [-0.2, 0) is 6.42 Å². The Balaban J connectivity index is 1.54. The van der Waals surface area contributed by atoms with Crippen LogP contribution in [0.5, 0.6) is 0 Å². The second kappa shape index (κ2) is 6.63. The number of aromatic nitrogens is 3. The van der Waals surface area contributed by atoms with Crippen LogP contribution in [0.3, 0.4) is 0 Å². The fraction of sp³-hybridized carbons (Fsp3) is 0.250. The molecular weight excluding hydrogens is 282 g/mol. The summed E-state index contributed by atoms with van der Waals surface area (Å²) in [5, 5.41) is 9.21. The van der Waals surface area contributed by atoms with Crippen LogP contribution in [0.25, 0.3) is 11.6 Å². The van der Waals surface area contributed by atoms with Gasteiger partial charge in [0.25, 0.3) is 11.1 Å². The summed E-state index contributed by atoms with van der Waals surface area (Å²) in [4.78, 5) is 3.06. The second-order valence-electron chi connectivity index (χ2n) is 4.91. The van der Waals surface area contributed by atoms with Gasteiger partial charge < -0.3 is 9.40 Å². The average molecular weight is 299 g/mol. The molecule has 3 rings (SSSR count). The van der Waals surface area contributed by atoms with E-state index < -0.39 is 0 Å². The molecule has 1 aromatic carbocycles. The van der Waals surface area contributed by atoms with Crippen LogP contribution in [0.2, 0.25) is 0 Å². The van der Waals surface area contributed by atoms with Gasteiger partial charge in [0.1, 0.15) is 5.69 Å². The summed E-state index contributed by atoms with van der Waals surface area (Å²) in [6.07, 6.45) is 3.98. The molecule has 0 saturated heterocycles. The first-order valence-corrected chi connectivity index (χ1v) is 7.87. The Labute approximate surface area is 128 Å². The quantitative estimate of drug-likeness (QED) is 0.694. The van der Waals surface area contributed by atoms with Gasteiger partial charge in [-0.3, -0.25) is 0 Å². The fourth-order valence-electron chi connectivity index (χ4n) is 2.08. The lowest BCUT2D eigenvalue weighted by atomic mass is 10.1. The van der Waals surface area contributed by atoms with Gasteiger partial charge >= 0.3 is 0 Å². The number of H-pyrrole nitrogens is 1. The third-order valence-electron chi connectivity index (χ3n) is 3.22. The van der Waals surface area contributed by atoms with E-state index in [1.54, 1.807) is 11.8 Å². The van der Waals surface area contributed by atoms with Crippen LogP contribution >= 0.6 is 11.8 Å². The van der Waals surface area contributed by atoms with Crippen molar-refractivity contribution in [1.29, 1.82) is 0 Å². The van der Waals surface area contributed by atoms with Crippen molar-refractivity contribution in [2.45, 2.75) is 30.2 Å².